The van der Waals surface area contributed by atoms with Gasteiger partial charge >= 0.3 is 5.69 Å². The van der Waals surface area contributed by atoms with Crippen LogP contribution in [0.5, 0.6) is 0 Å². The zero-order chi connectivity index (χ0) is 9.14. The van der Waals surface area contributed by atoms with Crippen LogP contribution in [0.15, 0.2) is 18.2 Å². The fraction of sp³-hybridized carbons (Fsp3) is 0. The Balaban J connectivity index is 3.32. The molecule has 4 nitrogen and oxygen atoms in total. The van der Waals surface area contributed by atoms with Crippen LogP contribution in [0.1, 0.15) is 10.4 Å². The first-order valence-electron chi connectivity index (χ1n) is 3.05. The Labute approximate surface area is 66.8 Å². The van der Waals surface area contributed by atoms with Crippen LogP contribution in [-0.4, -0.2) is 11.2 Å². The molecule has 0 bridgehead atoms. The minimum absolute atomic E-state index is 0.238. The van der Waals surface area contributed by atoms with Gasteiger partial charge in [0, 0.05) is 6.07 Å². The molecule has 0 radical (unpaired) electrons. The number of halogens is 1. The van der Waals surface area contributed by atoms with Crippen molar-refractivity contribution in [1.82, 2.24) is 0 Å². The Morgan fingerprint density at radius 1 is 1.50 bits per heavy atom. The van der Waals surface area contributed by atoms with Crippen LogP contribution in [0, 0.1) is 15.9 Å². The molecule has 5 heteroatoms. The molecule has 62 valence electrons. The van der Waals surface area contributed by atoms with Gasteiger partial charge in [-0.1, -0.05) is 6.07 Å². The molecule has 0 spiro atoms. The van der Waals surface area contributed by atoms with Gasteiger partial charge in [-0.25, -0.2) is 0 Å². The molecule has 12 heavy (non-hydrogen) atoms. The summed E-state index contributed by atoms with van der Waals surface area (Å²) in [7, 11) is 0. The molecule has 0 aliphatic heterocycles. The molecule has 0 aromatic heterocycles. The van der Waals surface area contributed by atoms with Gasteiger partial charge in [0.25, 0.3) is 0 Å². The van der Waals surface area contributed by atoms with Crippen molar-refractivity contribution in [2.45, 2.75) is 0 Å². The van der Waals surface area contributed by atoms with Crippen molar-refractivity contribution in [1.29, 1.82) is 0 Å². The molecular formula is C7H4FNO3. The molecule has 0 saturated heterocycles. The van der Waals surface area contributed by atoms with Crippen LogP contribution >= 0.6 is 0 Å². The molecule has 1 aromatic carbocycles. The lowest BCUT2D eigenvalue weighted by atomic mass is 10.2. The molecule has 0 unspecified atom stereocenters. The topological polar surface area (TPSA) is 60.2 Å². The highest BCUT2D eigenvalue weighted by molar-refractivity contribution is 5.76. The van der Waals surface area contributed by atoms with Crippen LogP contribution in [0.4, 0.5) is 10.1 Å². The van der Waals surface area contributed by atoms with Gasteiger partial charge in [-0.15, -0.1) is 0 Å². The molecule has 0 aliphatic carbocycles. The third-order valence-corrected chi connectivity index (χ3v) is 1.33. The predicted octanol–water partition coefficient (Wildman–Crippen LogP) is 1.55. The summed E-state index contributed by atoms with van der Waals surface area (Å²) in [5.74, 6) is -1.09. The third-order valence-electron chi connectivity index (χ3n) is 1.33. The number of aldehydes is 1. The van der Waals surface area contributed by atoms with Crippen molar-refractivity contribution in [2.24, 2.45) is 0 Å². The largest absolute Gasteiger partial charge is 0.305 e. The SMILES string of the molecule is O=Cc1cccc([N+](=O)[O-])c1F. The van der Waals surface area contributed by atoms with Gasteiger partial charge in [-0.3, -0.25) is 14.9 Å². The van der Waals surface area contributed by atoms with E-state index in [0.29, 0.717) is 0 Å². The van der Waals surface area contributed by atoms with E-state index < -0.39 is 16.4 Å². The second kappa shape index (κ2) is 3.08. The fourth-order valence-electron chi connectivity index (χ4n) is 0.769. The van der Waals surface area contributed by atoms with Crippen LogP contribution in [-0.2, 0) is 0 Å². The fourth-order valence-corrected chi connectivity index (χ4v) is 0.769. The summed E-state index contributed by atoms with van der Waals surface area (Å²) in [5.41, 5.74) is -0.983. The average molecular weight is 169 g/mol. The highest BCUT2D eigenvalue weighted by Gasteiger charge is 2.15. The summed E-state index contributed by atoms with van der Waals surface area (Å²) in [5, 5.41) is 10.1. The lowest BCUT2D eigenvalue weighted by Gasteiger charge is -1.94. The molecule has 0 atom stereocenters. The summed E-state index contributed by atoms with van der Waals surface area (Å²) < 4.78 is 12.9. The van der Waals surface area contributed by atoms with E-state index in [1.165, 1.54) is 12.1 Å². The second-order valence-electron chi connectivity index (χ2n) is 2.06. The van der Waals surface area contributed by atoms with E-state index in [-0.39, 0.29) is 11.8 Å². The number of nitrogens with zero attached hydrogens (tertiary/aromatic N) is 1. The molecule has 0 N–H and O–H groups in total. The first kappa shape index (κ1) is 8.32. The number of nitro groups is 1. The van der Waals surface area contributed by atoms with Crippen LogP contribution in [0.25, 0.3) is 0 Å². The van der Waals surface area contributed by atoms with Crippen molar-refractivity contribution >= 4 is 12.0 Å². The van der Waals surface area contributed by atoms with Crippen LogP contribution < -0.4 is 0 Å². The summed E-state index contributed by atoms with van der Waals surface area (Å²) in [6.07, 6.45) is 0.238. The van der Waals surface area contributed by atoms with Gasteiger partial charge in [0.2, 0.25) is 5.82 Å². The Hall–Kier alpha value is -1.78. The van der Waals surface area contributed by atoms with Crippen molar-refractivity contribution < 1.29 is 14.1 Å². The summed E-state index contributed by atoms with van der Waals surface area (Å²) in [4.78, 5) is 19.4. The van der Waals surface area contributed by atoms with Crippen LogP contribution in [0.2, 0.25) is 0 Å². The number of carbonyl (C=O) groups is 1. The van der Waals surface area contributed by atoms with E-state index in [1.54, 1.807) is 0 Å². The summed E-state index contributed by atoms with van der Waals surface area (Å²) in [6.45, 7) is 0. The number of hydrogen-bond acceptors (Lipinski definition) is 3. The number of rotatable bonds is 2. The van der Waals surface area contributed by atoms with E-state index >= 15 is 0 Å². The summed E-state index contributed by atoms with van der Waals surface area (Å²) >= 11 is 0. The van der Waals surface area contributed by atoms with E-state index in [1.807, 2.05) is 0 Å². The van der Waals surface area contributed by atoms with E-state index in [9.17, 15) is 19.3 Å². The minimum atomic E-state index is -1.09. The van der Waals surface area contributed by atoms with Crippen molar-refractivity contribution in [2.75, 3.05) is 0 Å². The average Bonchev–Trinajstić information content (AvgIpc) is 2.04. The van der Waals surface area contributed by atoms with E-state index in [2.05, 4.69) is 0 Å². The van der Waals surface area contributed by atoms with Gasteiger partial charge in [0.15, 0.2) is 6.29 Å². The predicted molar refractivity (Wildman–Crippen MR) is 38.4 cm³/mol. The molecule has 1 rings (SSSR count). The first-order chi connectivity index (χ1) is 5.66. The van der Waals surface area contributed by atoms with Crippen molar-refractivity contribution in [3.05, 3.63) is 39.7 Å². The highest BCUT2D eigenvalue weighted by atomic mass is 19.1. The standard InChI is InChI=1S/C7H4FNO3/c8-7-5(4-10)2-1-3-6(7)9(11)12/h1-4H. The molecule has 1 aromatic rings. The van der Waals surface area contributed by atoms with Gasteiger partial charge in [-0.2, -0.15) is 4.39 Å². The molecule has 0 aliphatic rings. The molecular weight excluding hydrogens is 165 g/mol. The van der Waals surface area contributed by atoms with E-state index in [0.717, 1.165) is 6.07 Å². The van der Waals surface area contributed by atoms with Crippen molar-refractivity contribution in [3.8, 4) is 0 Å². The summed E-state index contributed by atoms with van der Waals surface area (Å²) in [6, 6.07) is 3.43. The second-order valence-corrected chi connectivity index (χ2v) is 2.06. The number of benzene rings is 1. The maximum Gasteiger partial charge on any atom is 0.305 e. The lowest BCUT2D eigenvalue weighted by molar-refractivity contribution is -0.387. The Kier molecular flexibility index (Phi) is 2.14. The van der Waals surface area contributed by atoms with Crippen molar-refractivity contribution in [3.63, 3.8) is 0 Å². The minimum Gasteiger partial charge on any atom is -0.298 e. The normalized spacial score (nSPS) is 9.42. The Morgan fingerprint density at radius 2 is 2.17 bits per heavy atom. The molecule has 0 fully saturated rings. The zero-order valence-electron chi connectivity index (χ0n) is 5.86. The maximum atomic E-state index is 12.9. The quantitative estimate of drug-likeness (QED) is 0.383. The van der Waals surface area contributed by atoms with Gasteiger partial charge in [-0.05, 0) is 6.07 Å². The maximum absolute atomic E-state index is 12.9. The molecule has 0 saturated carbocycles. The highest BCUT2D eigenvalue weighted by Crippen LogP contribution is 2.18. The molecule has 0 heterocycles. The van der Waals surface area contributed by atoms with Gasteiger partial charge in [0.1, 0.15) is 0 Å². The zero-order valence-corrected chi connectivity index (χ0v) is 5.86. The third kappa shape index (κ3) is 1.29. The smallest absolute Gasteiger partial charge is 0.298 e. The van der Waals surface area contributed by atoms with Crippen LogP contribution in [0.3, 0.4) is 0 Å². The monoisotopic (exact) mass is 169 g/mol. The Morgan fingerprint density at radius 3 is 2.67 bits per heavy atom. The van der Waals surface area contributed by atoms with Gasteiger partial charge in [0.05, 0.1) is 10.5 Å². The Bertz CT molecular complexity index is 337. The first-order valence-corrected chi connectivity index (χ1v) is 3.05. The lowest BCUT2D eigenvalue weighted by Crippen LogP contribution is -1.95. The number of nitro benzene ring substituents is 1. The number of carbonyl (C=O) groups excluding carboxylic acids is 1. The number of hydrogen-bond donors (Lipinski definition) is 0. The molecule has 0 amide bonds. The van der Waals surface area contributed by atoms with Gasteiger partial charge < -0.3 is 0 Å². The van der Waals surface area contributed by atoms with E-state index in [4.69, 9.17) is 0 Å².